The summed E-state index contributed by atoms with van der Waals surface area (Å²) in [6.45, 7) is 14.0. The Kier molecular flexibility index (Phi) is 46.8. The molecule has 0 unspecified atom stereocenters. The van der Waals surface area contributed by atoms with Crippen molar-refractivity contribution in [3.63, 3.8) is 0 Å². The van der Waals surface area contributed by atoms with Crippen molar-refractivity contribution in [2.75, 3.05) is 138 Å². The first-order chi connectivity index (χ1) is 23.9. The van der Waals surface area contributed by atoms with Gasteiger partial charge in [-0.1, -0.05) is 84.0 Å². The number of unbranched alkanes of at least 4 members (excludes halogenated alkanes) is 13. The third-order valence-corrected chi connectivity index (χ3v) is 7.68. The fourth-order valence-corrected chi connectivity index (χ4v) is 4.79. The van der Waals surface area contributed by atoms with Crippen LogP contribution in [0.4, 0.5) is 0 Å². The van der Waals surface area contributed by atoms with Crippen LogP contribution in [0.3, 0.4) is 0 Å². The highest BCUT2D eigenvalue weighted by molar-refractivity contribution is 6.17. The Labute approximate surface area is 299 Å². The fraction of sp³-hybridized carbons (Fsp3) is 1.00. The van der Waals surface area contributed by atoms with E-state index in [1.807, 2.05) is 0 Å². The molecule has 10 nitrogen and oxygen atoms in total. The minimum atomic E-state index is 0.530. The molecule has 0 aromatic carbocycles. The van der Waals surface area contributed by atoms with Gasteiger partial charge in [-0.3, -0.25) is 0 Å². The second kappa shape index (κ2) is 46.9. The molecule has 0 aliphatic rings. The lowest BCUT2D eigenvalue weighted by atomic mass is 10.1. The lowest BCUT2D eigenvalue weighted by molar-refractivity contribution is -0.0264. The highest BCUT2D eigenvalue weighted by Gasteiger charge is 1.97. The molecule has 290 valence electrons. The summed E-state index contributed by atoms with van der Waals surface area (Å²) in [4.78, 5) is 0. The molecule has 0 fully saturated rings. The standard InChI is InChI=1S/C37H75ClO10/c1-2-3-4-5-6-7-8-9-10-12-15-18-39-20-22-41-24-26-43-28-30-45-32-34-47-36-37-48-35-33-46-31-29-44-27-25-42-23-21-40-19-16-13-11-14-17-38/h2-37H2,1H3. The summed E-state index contributed by atoms with van der Waals surface area (Å²) in [5.74, 6) is 0.747. The summed E-state index contributed by atoms with van der Waals surface area (Å²) in [6.07, 6.45) is 19.4. The van der Waals surface area contributed by atoms with Gasteiger partial charge < -0.3 is 47.4 Å². The molecular weight excluding hydrogens is 640 g/mol. The zero-order valence-corrected chi connectivity index (χ0v) is 31.7. The van der Waals surface area contributed by atoms with Gasteiger partial charge in [0.15, 0.2) is 0 Å². The molecule has 0 heterocycles. The van der Waals surface area contributed by atoms with E-state index >= 15 is 0 Å². The van der Waals surface area contributed by atoms with Crippen molar-refractivity contribution >= 4 is 11.6 Å². The van der Waals surface area contributed by atoms with Crippen molar-refractivity contribution in [2.45, 2.75) is 103 Å². The monoisotopic (exact) mass is 715 g/mol. The quantitative estimate of drug-likeness (QED) is 0.0474. The lowest BCUT2D eigenvalue weighted by Crippen LogP contribution is -2.15. The van der Waals surface area contributed by atoms with Crippen LogP contribution in [0, 0.1) is 0 Å². The van der Waals surface area contributed by atoms with Gasteiger partial charge in [0.05, 0.1) is 119 Å². The lowest BCUT2D eigenvalue weighted by Gasteiger charge is -2.09. The maximum atomic E-state index is 5.66. The van der Waals surface area contributed by atoms with Crippen LogP contribution < -0.4 is 0 Å². The van der Waals surface area contributed by atoms with Gasteiger partial charge in [0.2, 0.25) is 0 Å². The molecule has 0 radical (unpaired) electrons. The van der Waals surface area contributed by atoms with E-state index in [0.717, 1.165) is 38.4 Å². The van der Waals surface area contributed by atoms with Crippen molar-refractivity contribution in [3.05, 3.63) is 0 Å². The summed E-state index contributed by atoms with van der Waals surface area (Å²) in [7, 11) is 0. The highest BCUT2D eigenvalue weighted by atomic mass is 35.5. The number of rotatable bonds is 45. The summed E-state index contributed by atoms with van der Waals surface area (Å²) < 4.78 is 55.3. The second-order valence-electron chi connectivity index (χ2n) is 11.8. The van der Waals surface area contributed by atoms with Gasteiger partial charge in [-0.15, -0.1) is 11.6 Å². The van der Waals surface area contributed by atoms with Crippen molar-refractivity contribution in [1.82, 2.24) is 0 Å². The summed E-state index contributed by atoms with van der Waals surface area (Å²) >= 11 is 5.66. The average Bonchev–Trinajstić information content (AvgIpc) is 3.10. The Bertz CT molecular complexity index is 504. The van der Waals surface area contributed by atoms with Gasteiger partial charge in [0, 0.05) is 19.1 Å². The van der Waals surface area contributed by atoms with Crippen molar-refractivity contribution in [1.29, 1.82) is 0 Å². The third kappa shape index (κ3) is 45.9. The molecule has 0 atom stereocenters. The van der Waals surface area contributed by atoms with Gasteiger partial charge in [-0.2, -0.15) is 0 Å². The molecule has 0 bridgehead atoms. The van der Waals surface area contributed by atoms with Crippen LogP contribution in [0.15, 0.2) is 0 Å². The van der Waals surface area contributed by atoms with E-state index in [1.165, 1.54) is 77.0 Å². The average molecular weight is 715 g/mol. The second-order valence-corrected chi connectivity index (χ2v) is 12.1. The van der Waals surface area contributed by atoms with E-state index in [4.69, 9.17) is 59.0 Å². The van der Waals surface area contributed by atoms with E-state index in [1.54, 1.807) is 0 Å². The summed E-state index contributed by atoms with van der Waals surface area (Å²) in [5, 5.41) is 0. The Morgan fingerprint density at radius 3 is 0.646 bits per heavy atom. The Morgan fingerprint density at radius 1 is 0.229 bits per heavy atom. The van der Waals surface area contributed by atoms with Crippen LogP contribution >= 0.6 is 11.6 Å². The van der Waals surface area contributed by atoms with Crippen molar-refractivity contribution < 1.29 is 47.4 Å². The molecule has 0 rings (SSSR count). The van der Waals surface area contributed by atoms with Crippen LogP contribution in [0.2, 0.25) is 0 Å². The van der Waals surface area contributed by atoms with E-state index in [9.17, 15) is 0 Å². The number of ether oxygens (including phenoxy) is 10. The molecule has 0 aliphatic heterocycles. The number of hydrogen-bond donors (Lipinski definition) is 0. The Hall–Kier alpha value is -0.110. The van der Waals surface area contributed by atoms with E-state index in [2.05, 4.69) is 6.92 Å². The largest absolute Gasteiger partial charge is 0.379 e. The normalized spacial score (nSPS) is 11.6. The number of halogens is 1. The fourth-order valence-electron chi connectivity index (χ4n) is 4.60. The molecule has 0 aliphatic carbocycles. The number of alkyl halides is 1. The SMILES string of the molecule is CCCCCCCCCCCCCOCCOCCOCCOCCOCCOCCOCCOCCOCCOCCCCCCCl. The molecule has 11 heteroatoms. The Balaban J connectivity index is 3.04. The topological polar surface area (TPSA) is 92.3 Å². The maximum Gasteiger partial charge on any atom is 0.0701 e. The molecule has 48 heavy (non-hydrogen) atoms. The van der Waals surface area contributed by atoms with Gasteiger partial charge in [0.25, 0.3) is 0 Å². The van der Waals surface area contributed by atoms with Crippen LogP contribution in [-0.4, -0.2) is 138 Å². The molecule has 0 aromatic heterocycles. The molecule has 0 saturated heterocycles. The molecule has 0 aromatic rings. The van der Waals surface area contributed by atoms with Gasteiger partial charge in [0.1, 0.15) is 0 Å². The highest BCUT2D eigenvalue weighted by Crippen LogP contribution is 2.11. The maximum absolute atomic E-state index is 5.66. The first-order valence-corrected chi connectivity index (χ1v) is 19.8. The third-order valence-electron chi connectivity index (χ3n) is 7.41. The predicted molar refractivity (Wildman–Crippen MR) is 194 cm³/mol. The van der Waals surface area contributed by atoms with Crippen LogP contribution in [0.5, 0.6) is 0 Å². The van der Waals surface area contributed by atoms with Crippen molar-refractivity contribution in [3.8, 4) is 0 Å². The van der Waals surface area contributed by atoms with E-state index < -0.39 is 0 Å². The van der Waals surface area contributed by atoms with Crippen LogP contribution in [0.25, 0.3) is 0 Å². The minimum absolute atomic E-state index is 0.530. The first kappa shape index (κ1) is 47.9. The summed E-state index contributed by atoms with van der Waals surface area (Å²) in [6, 6.07) is 0. The van der Waals surface area contributed by atoms with Gasteiger partial charge in [-0.25, -0.2) is 0 Å². The first-order valence-electron chi connectivity index (χ1n) is 19.2. The van der Waals surface area contributed by atoms with E-state index in [-0.39, 0.29) is 0 Å². The van der Waals surface area contributed by atoms with Crippen LogP contribution in [-0.2, 0) is 47.4 Å². The molecule has 0 N–H and O–H groups in total. The van der Waals surface area contributed by atoms with Gasteiger partial charge >= 0.3 is 0 Å². The molecular formula is C37H75ClO10. The molecule has 0 saturated carbocycles. The smallest absolute Gasteiger partial charge is 0.0701 e. The van der Waals surface area contributed by atoms with Gasteiger partial charge in [-0.05, 0) is 19.3 Å². The molecule has 0 spiro atoms. The number of hydrogen-bond acceptors (Lipinski definition) is 10. The molecule has 0 amide bonds. The minimum Gasteiger partial charge on any atom is -0.379 e. The summed E-state index contributed by atoms with van der Waals surface area (Å²) in [5.41, 5.74) is 0. The zero-order chi connectivity index (χ0) is 34.5. The van der Waals surface area contributed by atoms with E-state index in [0.29, 0.717) is 119 Å². The van der Waals surface area contributed by atoms with Crippen LogP contribution in [0.1, 0.15) is 103 Å². The Morgan fingerprint density at radius 2 is 0.417 bits per heavy atom. The zero-order valence-electron chi connectivity index (χ0n) is 30.9. The predicted octanol–water partition coefficient (Wildman–Crippen LogP) is 7.26. The van der Waals surface area contributed by atoms with Crippen molar-refractivity contribution in [2.24, 2.45) is 0 Å².